The first-order valence-electron chi connectivity index (χ1n) is 7.50. The van der Waals surface area contributed by atoms with E-state index in [-0.39, 0.29) is 5.41 Å². The van der Waals surface area contributed by atoms with Gasteiger partial charge in [-0.05, 0) is 32.4 Å². The number of nitrogens with two attached hydrogens (primary N) is 1. The molecule has 0 aliphatic carbocycles. The predicted molar refractivity (Wildman–Crippen MR) is 91.5 cm³/mol. The molecule has 23 heavy (non-hydrogen) atoms. The van der Waals surface area contributed by atoms with Crippen molar-refractivity contribution < 1.29 is 19.0 Å². The number of carbonyl (C=O) groups excluding carboxylic acids is 1. The standard InChI is InChI=1S/C17H28N2O4/c1-16(2,3)23-15(20)19-12-9-14(22-7)13(21-6)8-11(12)17(4,5)10-18/h8-9H,10,18H2,1-7H3,(H,19,20). The number of amides is 1. The topological polar surface area (TPSA) is 82.8 Å². The van der Waals surface area contributed by atoms with Gasteiger partial charge in [0.15, 0.2) is 11.5 Å². The van der Waals surface area contributed by atoms with Crippen LogP contribution >= 0.6 is 0 Å². The molecule has 0 heterocycles. The smallest absolute Gasteiger partial charge is 0.412 e. The first-order valence-corrected chi connectivity index (χ1v) is 7.50. The Kier molecular flexibility index (Phi) is 5.88. The SMILES string of the molecule is COc1cc(NC(=O)OC(C)(C)C)c(C(C)(C)CN)cc1OC. The summed E-state index contributed by atoms with van der Waals surface area (Å²) in [5.74, 6) is 1.11. The maximum atomic E-state index is 12.1. The van der Waals surface area contributed by atoms with Crippen molar-refractivity contribution in [2.45, 2.75) is 45.6 Å². The van der Waals surface area contributed by atoms with Gasteiger partial charge < -0.3 is 19.9 Å². The van der Waals surface area contributed by atoms with Crippen LogP contribution in [0.25, 0.3) is 0 Å². The average Bonchev–Trinajstić information content (AvgIpc) is 2.44. The van der Waals surface area contributed by atoms with Crippen LogP contribution in [0.5, 0.6) is 11.5 Å². The van der Waals surface area contributed by atoms with Gasteiger partial charge in [0.05, 0.1) is 19.9 Å². The van der Waals surface area contributed by atoms with Gasteiger partial charge >= 0.3 is 6.09 Å². The van der Waals surface area contributed by atoms with Gasteiger partial charge in [0, 0.05) is 18.0 Å². The highest BCUT2D eigenvalue weighted by atomic mass is 16.6. The van der Waals surface area contributed by atoms with Crippen LogP contribution in [0.4, 0.5) is 10.5 Å². The number of hydrogen-bond donors (Lipinski definition) is 2. The molecule has 1 aromatic carbocycles. The van der Waals surface area contributed by atoms with E-state index < -0.39 is 11.7 Å². The third kappa shape index (κ3) is 5.03. The van der Waals surface area contributed by atoms with Crippen LogP contribution in [0.15, 0.2) is 12.1 Å². The molecule has 0 bridgehead atoms. The molecule has 0 unspecified atom stereocenters. The Balaban J connectivity index is 3.30. The maximum Gasteiger partial charge on any atom is 0.412 e. The van der Waals surface area contributed by atoms with Gasteiger partial charge in [-0.25, -0.2) is 4.79 Å². The Bertz CT molecular complexity index is 562. The number of hydrogen-bond acceptors (Lipinski definition) is 5. The molecule has 0 aromatic heterocycles. The largest absolute Gasteiger partial charge is 0.493 e. The van der Waals surface area contributed by atoms with E-state index in [1.54, 1.807) is 20.3 Å². The van der Waals surface area contributed by atoms with Crippen molar-refractivity contribution in [3.63, 3.8) is 0 Å². The molecule has 6 nitrogen and oxygen atoms in total. The van der Waals surface area contributed by atoms with Crippen molar-refractivity contribution in [2.75, 3.05) is 26.1 Å². The minimum absolute atomic E-state index is 0.357. The van der Waals surface area contributed by atoms with Gasteiger partial charge in [0.1, 0.15) is 5.60 Å². The van der Waals surface area contributed by atoms with E-state index in [0.717, 1.165) is 5.56 Å². The summed E-state index contributed by atoms with van der Waals surface area (Å²) in [6.07, 6.45) is -0.529. The van der Waals surface area contributed by atoms with E-state index in [0.29, 0.717) is 23.7 Å². The second-order valence-corrected chi connectivity index (χ2v) is 6.97. The monoisotopic (exact) mass is 324 g/mol. The van der Waals surface area contributed by atoms with Crippen LogP contribution in [0.2, 0.25) is 0 Å². The molecule has 1 amide bonds. The number of anilines is 1. The molecule has 6 heteroatoms. The molecule has 0 spiro atoms. The van der Waals surface area contributed by atoms with Crippen molar-refractivity contribution in [1.29, 1.82) is 0 Å². The summed E-state index contributed by atoms with van der Waals surface area (Å²) in [6.45, 7) is 9.83. The Morgan fingerprint density at radius 1 is 1.09 bits per heavy atom. The fourth-order valence-electron chi connectivity index (χ4n) is 2.07. The van der Waals surface area contributed by atoms with Crippen molar-refractivity contribution in [3.8, 4) is 11.5 Å². The Labute approximate surface area is 138 Å². The summed E-state index contributed by atoms with van der Waals surface area (Å²) in [5, 5.41) is 2.78. The normalized spacial score (nSPS) is 11.8. The lowest BCUT2D eigenvalue weighted by atomic mass is 9.83. The Hall–Kier alpha value is -1.95. The molecule has 0 saturated heterocycles. The third-order valence-electron chi connectivity index (χ3n) is 3.40. The molecule has 0 aliphatic heterocycles. The summed E-state index contributed by atoms with van der Waals surface area (Å²) >= 11 is 0. The Morgan fingerprint density at radius 2 is 1.61 bits per heavy atom. The molecular formula is C17H28N2O4. The van der Waals surface area contributed by atoms with Crippen LogP contribution in [-0.2, 0) is 10.2 Å². The Morgan fingerprint density at radius 3 is 2.04 bits per heavy atom. The van der Waals surface area contributed by atoms with Gasteiger partial charge in [-0.15, -0.1) is 0 Å². The van der Waals surface area contributed by atoms with Crippen LogP contribution in [0, 0.1) is 0 Å². The average molecular weight is 324 g/mol. The summed E-state index contributed by atoms with van der Waals surface area (Å²) in [4.78, 5) is 12.1. The number of carbonyl (C=O) groups is 1. The molecule has 1 aromatic rings. The lowest BCUT2D eigenvalue weighted by Crippen LogP contribution is -2.31. The number of rotatable bonds is 5. The molecular weight excluding hydrogens is 296 g/mol. The highest BCUT2D eigenvalue weighted by Crippen LogP contribution is 2.39. The predicted octanol–water partition coefficient (Wildman–Crippen LogP) is 3.29. The number of ether oxygens (including phenoxy) is 3. The van der Waals surface area contributed by atoms with E-state index in [9.17, 15) is 4.79 Å². The first-order chi connectivity index (χ1) is 10.5. The van der Waals surface area contributed by atoms with E-state index >= 15 is 0 Å². The molecule has 0 fully saturated rings. The van der Waals surface area contributed by atoms with Gasteiger partial charge in [0.2, 0.25) is 0 Å². The highest BCUT2D eigenvalue weighted by molar-refractivity contribution is 5.87. The zero-order chi connectivity index (χ0) is 17.8. The zero-order valence-corrected chi connectivity index (χ0v) is 15.1. The van der Waals surface area contributed by atoms with Crippen LogP contribution < -0.4 is 20.5 Å². The van der Waals surface area contributed by atoms with E-state index in [1.807, 2.05) is 40.7 Å². The van der Waals surface area contributed by atoms with Crippen LogP contribution in [0.1, 0.15) is 40.2 Å². The quantitative estimate of drug-likeness (QED) is 0.868. The fourth-order valence-corrected chi connectivity index (χ4v) is 2.07. The molecule has 130 valence electrons. The first kappa shape index (κ1) is 19.1. The molecule has 3 N–H and O–H groups in total. The second kappa shape index (κ2) is 7.08. The molecule has 0 aliphatic rings. The zero-order valence-electron chi connectivity index (χ0n) is 15.1. The van der Waals surface area contributed by atoms with Crippen molar-refractivity contribution in [2.24, 2.45) is 5.73 Å². The maximum absolute atomic E-state index is 12.1. The lowest BCUT2D eigenvalue weighted by molar-refractivity contribution is 0.0635. The molecule has 0 radical (unpaired) electrons. The van der Waals surface area contributed by atoms with Gasteiger partial charge in [-0.3, -0.25) is 5.32 Å². The molecule has 1 rings (SSSR count). The van der Waals surface area contributed by atoms with Gasteiger partial charge in [-0.2, -0.15) is 0 Å². The fraction of sp³-hybridized carbons (Fsp3) is 0.588. The second-order valence-electron chi connectivity index (χ2n) is 6.97. The van der Waals surface area contributed by atoms with E-state index in [4.69, 9.17) is 19.9 Å². The summed E-state index contributed by atoms with van der Waals surface area (Å²) < 4.78 is 16.0. The lowest BCUT2D eigenvalue weighted by Gasteiger charge is -2.28. The van der Waals surface area contributed by atoms with Crippen LogP contribution in [0.3, 0.4) is 0 Å². The minimum atomic E-state index is -0.579. The van der Waals surface area contributed by atoms with Crippen molar-refractivity contribution in [3.05, 3.63) is 17.7 Å². The van der Waals surface area contributed by atoms with E-state index in [2.05, 4.69) is 5.32 Å². The molecule has 0 saturated carbocycles. The van der Waals surface area contributed by atoms with Crippen molar-refractivity contribution >= 4 is 11.8 Å². The summed E-state index contributed by atoms with van der Waals surface area (Å²) in [6, 6.07) is 3.55. The van der Waals surface area contributed by atoms with Crippen molar-refractivity contribution in [1.82, 2.24) is 0 Å². The molecule has 0 atom stereocenters. The van der Waals surface area contributed by atoms with Crippen LogP contribution in [-0.4, -0.2) is 32.5 Å². The summed E-state index contributed by atoms with van der Waals surface area (Å²) in [5.41, 5.74) is 6.39. The van der Waals surface area contributed by atoms with Gasteiger partial charge in [0.25, 0.3) is 0 Å². The highest BCUT2D eigenvalue weighted by Gasteiger charge is 2.26. The number of nitrogens with one attached hydrogen (secondary N) is 1. The summed E-state index contributed by atoms with van der Waals surface area (Å²) in [7, 11) is 3.11. The van der Waals surface area contributed by atoms with Gasteiger partial charge in [-0.1, -0.05) is 13.8 Å². The third-order valence-corrected chi connectivity index (χ3v) is 3.40. The minimum Gasteiger partial charge on any atom is -0.493 e. The van der Waals surface area contributed by atoms with E-state index in [1.165, 1.54) is 0 Å². The number of benzene rings is 1. The number of methoxy groups -OCH3 is 2.